The van der Waals surface area contributed by atoms with Crippen molar-refractivity contribution < 1.29 is 5.11 Å². The molecule has 1 unspecified atom stereocenters. The van der Waals surface area contributed by atoms with Crippen molar-refractivity contribution in [3.8, 4) is 0 Å². The molecule has 1 N–H and O–H groups in total. The Labute approximate surface area is 73.2 Å². The Bertz CT molecular complexity index is 405. The van der Waals surface area contributed by atoms with Crippen molar-refractivity contribution in [1.82, 2.24) is 19.2 Å². The van der Waals surface area contributed by atoms with Gasteiger partial charge in [0.15, 0.2) is 0 Å². The van der Waals surface area contributed by atoms with E-state index in [2.05, 4.69) is 10.2 Å². The molecule has 0 aliphatic heterocycles. The first-order valence-electron chi connectivity index (χ1n) is 3.45. The van der Waals surface area contributed by atoms with Crippen LogP contribution in [0.3, 0.4) is 0 Å². The molecular weight excluding hydrogens is 180 g/mol. The van der Waals surface area contributed by atoms with Crippen LogP contribution in [0, 0.1) is 0 Å². The van der Waals surface area contributed by atoms with Gasteiger partial charge in [-0.15, -0.1) is 10.2 Å². The Balaban J connectivity index is 2.71. The van der Waals surface area contributed by atoms with Gasteiger partial charge < -0.3 is 5.11 Å². The van der Waals surface area contributed by atoms with Crippen LogP contribution in [0.1, 0.15) is 13.2 Å². The van der Waals surface area contributed by atoms with Crippen molar-refractivity contribution in [3.05, 3.63) is 17.7 Å². The number of aliphatic hydroxyl groups excluding tert-OH is 1. The minimum atomic E-state index is -0.622. The minimum absolute atomic E-state index is 0.296. The van der Waals surface area contributed by atoms with E-state index in [0.717, 1.165) is 0 Å². The third-order valence-corrected chi connectivity index (χ3v) is 1.90. The summed E-state index contributed by atoms with van der Waals surface area (Å²) in [5.41, 5.74) is 0. The molecule has 0 bridgehead atoms. The fourth-order valence-electron chi connectivity index (χ4n) is 1.07. The maximum absolute atomic E-state index is 9.26. The quantitative estimate of drug-likeness (QED) is 0.713. The summed E-state index contributed by atoms with van der Waals surface area (Å²) < 4.78 is 3.16. The van der Waals surface area contributed by atoms with Crippen LogP contribution < -0.4 is 0 Å². The van der Waals surface area contributed by atoms with E-state index in [4.69, 9.17) is 11.6 Å². The summed E-state index contributed by atoms with van der Waals surface area (Å²) >= 11 is 5.68. The summed E-state index contributed by atoms with van der Waals surface area (Å²) in [4.78, 5) is 0. The van der Waals surface area contributed by atoms with Crippen molar-refractivity contribution in [2.75, 3.05) is 0 Å². The monoisotopic (exact) mass is 186 g/mol. The highest BCUT2D eigenvalue weighted by Crippen LogP contribution is 2.12. The number of imidazole rings is 1. The molecule has 2 rings (SSSR count). The molecule has 0 fully saturated rings. The number of aliphatic hydroxyl groups is 1. The van der Waals surface area contributed by atoms with Gasteiger partial charge in [-0.3, -0.25) is 8.97 Å². The number of nitrogens with zero attached hydrogens (tertiary/aromatic N) is 4. The lowest BCUT2D eigenvalue weighted by molar-refractivity contribution is 0.128. The SMILES string of the molecule is CC(O)n1ccn2c(Cl)nnc12. The fraction of sp³-hybridized carbons (Fsp3) is 0.333. The summed E-state index contributed by atoms with van der Waals surface area (Å²) in [5.74, 6) is 0.537. The molecule has 0 saturated heterocycles. The van der Waals surface area contributed by atoms with Crippen LogP contribution in [0.5, 0.6) is 0 Å². The number of rotatable bonds is 1. The number of halogens is 1. The highest BCUT2D eigenvalue weighted by molar-refractivity contribution is 6.28. The van der Waals surface area contributed by atoms with Gasteiger partial charge in [-0.25, -0.2) is 0 Å². The molecule has 0 aliphatic carbocycles. The molecule has 2 aromatic heterocycles. The minimum Gasteiger partial charge on any atom is -0.373 e. The topological polar surface area (TPSA) is 55.4 Å². The van der Waals surface area contributed by atoms with E-state index in [0.29, 0.717) is 11.1 Å². The summed E-state index contributed by atoms with van der Waals surface area (Å²) in [6, 6.07) is 0. The molecule has 0 aliphatic rings. The van der Waals surface area contributed by atoms with E-state index in [1.54, 1.807) is 28.3 Å². The average molecular weight is 187 g/mol. The van der Waals surface area contributed by atoms with Crippen LogP contribution in [0.4, 0.5) is 0 Å². The smallest absolute Gasteiger partial charge is 0.238 e. The van der Waals surface area contributed by atoms with Gasteiger partial charge in [-0.05, 0) is 18.5 Å². The molecule has 6 heteroatoms. The summed E-state index contributed by atoms with van der Waals surface area (Å²) in [7, 11) is 0. The highest BCUT2D eigenvalue weighted by atomic mass is 35.5. The second-order valence-corrected chi connectivity index (χ2v) is 2.81. The van der Waals surface area contributed by atoms with Crippen LogP contribution in [0.2, 0.25) is 5.28 Å². The normalized spacial score (nSPS) is 13.9. The first kappa shape index (κ1) is 7.57. The molecule has 0 radical (unpaired) electrons. The van der Waals surface area contributed by atoms with Crippen LogP contribution >= 0.6 is 11.6 Å². The van der Waals surface area contributed by atoms with Gasteiger partial charge in [0.2, 0.25) is 11.1 Å². The Morgan fingerprint density at radius 3 is 2.92 bits per heavy atom. The Kier molecular flexibility index (Phi) is 1.55. The number of hydrogen-bond acceptors (Lipinski definition) is 3. The highest BCUT2D eigenvalue weighted by Gasteiger charge is 2.09. The first-order valence-corrected chi connectivity index (χ1v) is 3.83. The maximum atomic E-state index is 9.26. The maximum Gasteiger partial charge on any atom is 0.238 e. The first-order chi connectivity index (χ1) is 5.70. The van der Waals surface area contributed by atoms with Gasteiger partial charge in [0.1, 0.15) is 6.23 Å². The van der Waals surface area contributed by atoms with Crippen LogP contribution in [-0.2, 0) is 0 Å². The van der Waals surface area contributed by atoms with E-state index in [-0.39, 0.29) is 0 Å². The molecular formula is C6H7ClN4O. The van der Waals surface area contributed by atoms with Crippen LogP contribution in [-0.4, -0.2) is 24.3 Å². The number of fused-ring (bicyclic) bond motifs is 1. The number of aromatic nitrogens is 4. The fourth-order valence-corrected chi connectivity index (χ4v) is 1.24. The molecule has 0 amide bonds. The third kappa shape index (κ3) is 0.904. The van der Waals surface area contributed by atoms with Crippen molar-refractivity contribution >= 4 is 17.4 Å². The van der Waals surface area contributed by atoms with E-state index < -0.39 is 6.23 Å². The van der Waals surface area contributed by atoms with Crippen molar-refractivity contribution in [2.45, 2.75) is 13.2 Å². The van der Waals surface area contributed by atoms with Crippen LogP contribution in [0.15, 0.2) is 12.4 Å². The Morgan fingerprint density at radius 2 is 2.25 bits per heavy atom. The second-order valence-electron chi connectivity index (χ2n) is 2.48. The standard InChI is InChI=1S/C6H7ClN4O/c1-4(12)10-2-3-11-5(7)8-9-6(10)11/h2-4,12H,1H3. The van der Waals surface area contributed by atoms with Gasteiger partial charge in [-0.2, -0.15) is 0 Å². The zero-order chi connectivity index (χ0) is 8.72. The number of hydrogen-bond donors (Lipinski definition) is 1. The summed E-state index contributed by atoms with van der Waals surface area (Å²) in [6.07, 6.45) is 2.77. The second kappa shape index (κ2) is 2.46. The Morgan fingerprint density at radius 1 is 1.50 bits per heavy atom. The van der Waals surface area contributed by atoms with Gasteiger partial charge in [0, 0.05) is 12.4 Å². The molecule has 2 aromatic rings. The average Bonchev–Trinajstić information content (AvgIpc) is 2.53. The molecule has 64 valence electrons. The molecule has 12 heavy (non-hydrogen) atoms. The van der Waals surface area contributed by atoms with Crippen molar-refractivity contribution in [3.63, 3.8) is 0 Å². The van der Waals surface area contributed by atoms with E-state index >= 15 is 0 Å². The van der Waals surface area contributed by atoms with E-state index in [1.807, 2.05) is 0 Å². The third-order valence-electron chi connectivity index (χ3n) is 1.65. The van der Waals surface area contributed by atoms with Gasteiger partial charge in [0.05, 0.1) is 0 Å². The lowest BCUT2D eigenvalue weighted by Crippen LogP contribution is -2.02. The zero-order valence-electron chi connectivity index (χ0n) is 6.35. The Hall–Kier alpha value is -1.07. The zero-order valence-corrected chi connectivity index (χ0v) is 7.10. The predicted octanol–water partition coefficient (Wildman–Crippen LogP) is 0.695. The van der Waals surface area contributed by atoms with Gasteiger partial charge in [0.25, 0.3) is 0 Å². The molecule has 1 atom stereocenters. The molecule has 0 saturated carbocycles. The molecule has 5 nitrogen and oxygen atoms in total. The lowest BCUT2D eigenvalue weighted by Gasteiger charge is -2.03. The van der Waals surface area contributed by atoms with E-state index in [1.165, 1.54) is 0 Å². The summed E-state index contributed by atoms with van der Waals surface area (Å²) in [5, 5.41) is 17.0. The van der Waals surface area contributed by atoms with Gasteiger partial charge >= 0.3 is 0 Å². The molecule has 0 aromatic carbocycles. The van der Waals surface area contributed by atoms with Crippen molar-refractivity contribution in [2.24, 2.45) is 0 Å². The van der Waals surface area contributed by atoms with E-state index in [9.17, 15) is 5.11 Å². The predicted molar refractivity (Wildman–Crippen MR) is 42.9 cm³/mol. The summed E-state index contributed by atoms with van der Waals surface area (Å²) in [6.45, 7) is 1.64. The molecule has 0 spiro atoms. The largest absolute Gasteiger partial charge is 0.373 e. The van der Waals surface area contributed by atoms with Gasteiger partial charge in [-0.1, -0.05) is 0 Å². The van der Waals surface area contributed by atoms with Crippen LogP contribution in [0.25, 0.3) is 5.78 Å². The molecule has 2 heterocycles. The van der Waals surface area contributed by atoms with Crippen molar-refractivity contribution in [1.29, 1.82) is 0 Å². The lowest BCUT2D eigenvalue weighted by atomic mass is 10.6.